The van der Waals surface area contributed by atoms with Gasteiger partial charge in [-0.05, 0) is 57.0 Å². The summed E-state index contributed by atoms with van der Waals surface area (Å²) in [4.78, 5) is 18.8. The Hall–Kier alpha value is -3.40. The predicted octanol–water partition coefficient (Wildman–Crippen LogP) is 4.39. The topological polar surface area (TPSA) is 71.2 Å². The van der Waals surface area contributed by atoms with Crippen molar-refractivity contribution in [1.82, 2.24) is 14.5 Å². The molecule has 3 aromatic rings. The molecule has 30 heavy (non-hydrogen) atoms. The predicted molar refractivity (Wildman–Crippen MR) is 110 cm³/mol. The lowest BCUT2D eigenvalue weighted by Crippen LogP contribution is -2.40. The lowest BCUT2D eigenvalue weighted by atomic mass is 10.0. The Morgan fingerprint density at radius 2 is 2.13 bits per heavy atom. The molecule has 0 N–H and O–H groups in total. The molecule has 0 fully saturated rings. The number of fused-ring (bicyclic) bond motifs is 3. The monoisotopic (exact) mass is 406 g/mol. The molecule has 0 atom stereocenters. The first-order chi connectivity index (χ1) is 14.3. The van der Waals surface area contributed by atoms with Crippen molar-refractivity contribution in [2.24, 2.45) is 0 Å². The Bertz CT molecular complexity index is 1170. The van der Waals surface area contributed by atoms with Crippen LogP contribution < -0.4 is 0 Å². The number of hydrogen-bond acceptors (Lipinski definition) is 4. The van der Waals surface area contributed by atoms with E-state index in [0.29, 0.717) is 25.1 Å². The fourth-order valence-electron chi connectivity index (χ4n) is 3.83. The third-order valence-corrected chi connectivity index (χ3v) is 5.18. The molecule has 154 valence electrons. The molecule has 7 heteroatoms. The quantitative estimate of drug-likeness (QED) is 0.633. The summed E-state index contributed by atoms with van der Waals surface area (Å²) in [5.41, 5.74) is 3.00. The summed E-state index contributed by atoms with van der Waals surface area (Å²) in [7, 11) is 0. The van der Waals surface area contributed by atoms with Gasteiger partial charge in [0.1, 0.15) is 17.1 Å². The van der Waals surface area contributed by atoms with Gasteiger partial charge >= 0.3 is 6.09 Å². The van der Waals surface area contributed by atoms with Gasteiger partial charge in [-0.2, -0.15) is 5.26 Å². The molecule has 1 aliphatic rings. The molecule has 0 bridgehead atoms. The number of carbonyl (C=O) groups excluding carboxylic acids is 1. The second-order valence-electron chi connectivity index (χ2n) is 8.46. The van der Waals surface area contributed by atoms with Gasteiger partial charge in [-0.25, -0.2) is 14.2 Å². The van der Waals surface area contributed by atoms with Gasteiger partial charge in [-0.15, -0.1) is 0 Å². The number of aromatic nitrogens is 2. The summed E-state index contributed by atoms with van der Waals surface area (Å²) in [5.74, 6) is -0.430. The highest BCUT2D eigenvalue weighted by Gasteiger charge is 2.30. The van der Waals surface area contributed by atoms with E-state index in [1.807, 2.05) is 43.5 Å². The van der Waals surface area contributed by atoms with E-state index < -0.39 is 11.4 Å². The number of benzene rings is 1. The Morgan fingerprint density at radius 1 is 1.33 bits per heavy atom. The molecule has 0 unspecified atom stereocenters. The van der Waals surface area contributed by atoms with Gasteiger partial charge in [0.25, 0.3) is 0 Å². The van der Waals surface area contributed by atoms with Gasteiger partial charge < -0.3 is 14.2 Å². The first-order valence-electron chi connectivity index (χ1n) is 9.88. The number of carbonyl (C=O) groups is 1. The number of halogens is 1. The molecule has 4 rings (SSSR count). The number of amides is 1. The van der Waals surface area contributed by atoms with Gasteiger partial charge in [0, 0.05) is 29.4 Å². The lowest BCUT2D eigenvalue weighted by molar-refractivity contribution is 0.0219. The van der Waals surface area contributed by atoms with Crippen LogP contribution in [0.3, 0.4) is 0 Å². The van der Waals surface area contributed by atoms with Gasteiger partial charge in [-0.1, -0.05) is 6.07 Å². The summed E-state index contributed by atoms with van der Waals surface area (Å²) >= 11 is 0. The molecule has 3 heterocycles. The number of nitrogens with zero attached hydrogens (tertiary/aromatic N) is 4. The summed E-state index contributed by atoms with van der Waals surface area (Å²) in [6.07, 6.45) is 2.03. The van der Waals surface area contributed by atoms with Crippen LogP contribution in [0.4, 0.5) is 9.18 Å². The Labute approximate surface area is 174 Å². The Kier molecular flexibility index (Phi) is 4.94. The van der Waals surface area contributed by atoms with E-state index in [2.05, 4.69) is 4.98 Å². The van der Waals surface area contributed by atoms with E-state index in [0.717, 1.165) is 22.3 Å². The van der Waals surface area contributed by atoms with Crippen molar-refractivity contribution >= 4 is 17.1 Å². The molecule has 2 aromatic heterocycles. The Morgan fingerprint density at radius 3 is 2.83 bits per heavy atom. The standard InChI is InChI=1S/C23H23FN4O2/c1-23(2,3)30-22(29)27-10-8-17-18-5-4-9-26-21(18)28(20(17)14-27)13-16-7-6-15(12-25)11-19(16)24/h4-7,9,11H,8,10,13-14H2,1-3H3. The molecule has 0 saturated heterocycles. The van der Waals surface area contributed by atoms with Crippen molar-refractivity contribution in [3.63, 3.8) is 0 Å². The minimum atomic E-state index is -0.572. The normalized spacial score (nSPS) is 13.8. The van der Waals surface area contributed by atoms with E-state index in [-0.39, 0.29) is 18.2 Å². The fraction of sp³-hybridized carbons (Fsp3) is 0.348. The fourth-order valence-corrected chi connectivity index (χ4v) is 3.83. The number of hydrogen-bond donors (Lipinski definition) is 0. The SMILES string of the molecule is CC(C)(C)OC(=O)N1CCc2c(n(Cc3ccc(C#N)cc3F)c3ncccc23)C1. The van der Waals surface area contributed by atoms with Crippen molar-refractivity contribution in [2.45, 2.75) is 45.9 Å². The van der Waals surface area contributed by atoms with Crippen LogP contribution in [-0.2, 0) is 24.2 Å². The molecule has 0 radical (unpaired) electrons. The number of pyridine rings is 1. The number of ether oxygens (including phenoxy) is 1. The molecular formula is C23H23FN4O2. The highest BCUT2D eigenvalue weighted by atomic mass is 19.1. The van der Waals surface area contributed by atoms with E-state index in [1.54, 1.807) is 23.2 Å². The minimum absolute atomic E-state index is 0.266. The van der Waals surface area contributed by atoms with Crippen molar-refractivity contribution in [3.8, 4) is 6.07 Å². The Balaban J connectivity index is 1.74. The van der Waals surface area contributed by atoms with Crippen LogP contribution in [0, 0.1) is 17.1 Å². The summed E-state index contributed by atoms with van der Waals surface area (Å²) in [6, 6.07) is 10.3. The summed E-state index contributed by atoms with van der Waals surface area (Å²) < 4.78 is 22.1. The van der Waals surface area contributed by atoms with E-state index in [4.69, 9.17) is 10.00 Å². The number of rotatable bonds is 2. The van der Waals surface area contributed by atoms with Crippen LogP contribution in [0.2, 0.25) is 0 Å². The highest BCUT2D eigenvalue weighted by molar-refractivity contribution is 5.83. The zero-order chi connectivity index (χ0) is 21.5. The zero-order valence-corrected chi connectivity index (χ0v) is 17.3. The van der Waals surface area contributed by atoms with Gasteiger partial charge in [0.15, 0.2) is 0 Å². The van der Waals surface area contributed by atoms with Gasteiger partial charge in [0.05, 0.1) is 24.7 Å². The molecule has 1 aliphatic heterocycles. The highest BCUT2D eigenvalue weighted by Crippen LogP contribution is 2.31. The maximum absolute atomic E-state index is 14.6. The maximum atomic E-state index is 14.6. The van der Waals surface area contributed by atoms with Crippen molar-refractivity contribution in [3.05, 3.63) is 64.7 Å². The smallest absolute Gasteiger partial charge is 0.410 e. The lowest BCUT2D eigenvalue weighted by Gasteiger charge is -2.31. The largest absolute Gasteiger partial charge is 0.444 e. The second-order valence-corrected chi connectivity index (χ2v) is 8.46. The van der Waals surface area contributed by atoms with Crippen LogP contribution in [0.15, 0.2) is 36.5 Å². The van der Waals surface area contributed by atoms with Crippen molar-refractivity contribution in [1.29, 1.82) is 5.26 Å². The molecule has 0 saturated carbocycles. The van der Waals surface area contributed by atoms with Crippen LogP contribution in [0.5, 0.6) is 0 Å². The second kappa shape index (κ2) is 7.45. The van der Waals surface area contributed by atoms with Gasteiger partial charge in [0.2, 0.25) is 0 Å². The van der Waals surface area contributed by atoms with E-state index >= 15 is 0 Å². The third-order valence-electron chi connectivity index (χ3n) is 5.18. The van der Waals surface area contributed by atoms with Crippen molar-refractivity contribution in [2.75, 3.05) is 6.54 Å². The van der Waals surface area contributed by atoms with Gasteiger partial charge in [-0.3, -0.25) is 0 Å². The first kappa shape index (κ1) is 19.9. The molecule has 1 amide bonds. The van der Waals surface area contributed by atoms with Crippen LogP contribution >= 0.6 is 0 Å². The zero-order valence-electron chi connectivity index (χ0n) is 17.3. The number of nitriles is 1. The molecular weight excluding hydrogens is 383 g/mol. The van der Waals surface area contributed by atoms with E-state index in [1.165, 1.54) is 6.07 Å². The average molecular weight is 406 g/mol. The van der Waals surface area contributed by atoms with Crippen LogP contribution in [-0.4, -0.2) is 32.7 Å². The minimum Gasteiger partial charge on any atom is -0.444 e. The first-order valence-corrected chi connectivity index (χ1v) is 9.88. The maximum Gasteiger partial charge on any atom is 0.410 e. The molecule has 6 nitrogen and oxygen atoms in total. The van der Waals surface area contributed by atoms with E-state index in [9.17, 15) is 9.18 Å². The average Bonchev–Trinajstić information content (AvgIpc) is 3.01. The summed E-state index contributed by atoms with van der Waals surface area (Å²) in [6.45, 7) is 6.72. The van der Waals surface area contributed by atoms with Crippen molar-refractivity contribution < 1.29 is 13.9 Å². The molecule has 1 aromatic carbocycles. The molecule has 0 spiro atoms. The van der Waals surface area contributed by atoms with Crippen LogP contribution in [0.1, 0.15) is 43.2 Å². The molecule has 0 aliphatic carbocycles. The third kappa shape index (κ3) is 3.73. The van der Waals surface area contributed by atoms with Crippen LogP contribution in [0.25, 0.3) is 11.0 Å². The summed E-state index contributed by atoms with van der Waals surface area (Å²) in [5, 5.41) is 10.0.